The maximum Gasteiger partial charge on any atom is 0.255 e. The maximum absolute atomic E-state index is 12.7. The highest BCUT2D eigenvalue weighted by atomic mass is 32.1. The van der Waals surface area contributed by atoms with Crippen LogP contribution in [0.1, 0.15) is 53.8 Å². The number of amides is 1. The van der Waals surface area contributed by atoms with E-state index in [-0.39, 0.29) is 5.91 Å². The highest BCUT2D eigenvalue weighted by molar-refractivity contribution is 7.10. The summed E-state index contributed by atoms with van der Waals surface area (Å²) in [5.74, 6) is 3.33. The summed E-state index contributed by atoms with van der Waals surface area (Å²) in [7, 11) is 0. The fourth-order valence-electron chi connectivity index (χ4n) is 6.79. The van der Waals surface area contributed by atoms with E-state index in [1.165, 1.54) is 56.5 Å². The van der Waals surface area contributed by atoms with Gasteiger partial charge in [-0.2, -0.15) is 0 Å². The number of thiophene rings is 1. The maximum atomic E-state index is 12.7. The molecule has 4 saturated carbocycles. The van der Waals surface area contributed by atoms with Crippen LogP contribution in [0.5, 0.6) is 0 Å². The number of piperazine rings is 1. The minimum atomic E-state index is 0.254. The zero-order valence-electron chi connectivity index (χ0n) is 14.7. The molecule has 3 nitrogen and oxygen atoms in total. The molecule has 1 N–H and O–H groups in total. The van der Waals surface area contributed by atoms with Crippen molar-refractivity contribution >= 4 is 17.2 Å². The Morgan fingerprint density at radius 1 is 1.12 bits per heavy atom. The van der Waals surface area contributed by atoms with Crippen LogP contribution in [0.4, 0.5) is 0 Å². The second kappa shape index (κ2) is 5.57. The number of hydrogen-bond donors (Lipinski definition) is 1. The van der Waals surface area contributed by atoms with E-state index in [1.807, 2.05) is 16.3 Å². The van der Waals surface area contributed by atoms with E-state index < -0.39 is 0 Å². The molecule has 4 bridgehead atoms. The molecule has 1 saturated heterocycles. The average Bonchev–Trinajstić information content (AvgIpc) is 3.00. The number of hydrogen-bond acceptors (Lipinski definition) is 2. The molecule has 130 valence electrons. The second-order valence-electron chi connectivity index (χ2n) is 9.04. The van der Waals surface area contributed by atoms with Gasteiger partial charge in [-0.1, -0.05) is 0 Å². The Balaban J connectivity index is 1.26. The molecule has 6 rings (SSSR count). The van der Waals surface area contributed by atoms with Crippen LogP contribution in [0, 0.1) is 24.7 Å². The summed E-state index contributed by atoms with van der Waals surface area (Å²) < 4.78 is 0. The number of quaternary nitrogens is 1. The molecule has 0 spiro atoms. The number of nitrogens with zero attached hydrogens (tertiary/aromatic N) is 1. The SMILES string of the molecule is Cc1cc(C(=O)N2CC[NH+](C34CC5CC(CC(C5)C3)C4)CC2)cs1. The third-order valence-corrected chi connectivity index (χ3v) is 8.28. The minimum absolute atomic E-state index is 0.254. The fraction of sp³-hybridized carbons (Fsp3) is 0.750. The molecule has 1 amide bonds. The van der Waals surface area contributed by atoms with E-state index in [1.54, 1.807) is 11.3 Å². The molecule has 5 aliphatic rings. The van der Waals surface area contributed by atoms with Crippen LogP contribution in [0.25, 0.3) is 0 Å². The molecule has 0 radical (unpaired) electrons. The highest BCUT2D eigenvalue weighted by Crippen LogP contribution is 2.54. The van der Waals surface area contributed by atoms with Crippen LogP contribution in [-0.4, -0.2) is 42.5 Å². The third-order valence-electron chi connectivity index (χ3n) is 7.42. The quantitative estimate of drug-likeness (QED) is 0.874. The van der Waals surface area contributed by atoms with Crippen molar-refractivity contribution in [3.05, 3.63) is 21.9 Å². The summed E-state index contributed by atoms with van der Waals surface area (Å²) in [5, 5.41) is 2.02. The van der Waals surface area contributed by atoms with Crippen molar-refractivity contribution in [1.82, 2.24) is 4.90 Å². The van der Waals surface area contributed by atoms with Crippen molar-refractivity contribution in [2.24, 2.45) is 17.8 Å². The lowest BCUT2D eigenvalue weighted by Crippen LogP contribution is -3.23. The first kappa shape index (κ1) is 15.4. The molecule has 2 heterocycles. The topological polar surface area (TPSA) is 24.8 Å². The zero-order valence-corrected chi connectivity index (χ0v) is 15.5. The fourth-order valence-corrected chi connectivity index (χ4v) is 7.47. The van der Waals surface area contributed by atoms with Crippen molar-refractivity contribution in [2.45, 2.75) is 51.0 Å². The molecule has 5 fully saturated rings. The van der Waals surface area contributed by atoms with Gasteiger partial charge in [0.25, 0.3) is 5.91 Å². The second-order valence-corrected chi connectivity index (χ2v) is 10.2. The normalized spacial score (nSPS) is 38.7. The van der Waals surface area contributed by atoms with Crippen molar-refractivity contribution in [3.8, 4) is 0 Å². The van der Waals surface area contributed by atoms with E-state index in [2.05, 4.69) is 11.8 Å². The molecule has 1 aromatic heterocycles. The lowest BCUT2D eigenvalue weighted by atomic mass is 9.52. The molecule has 4 heteroatoms. The van der Waals surface area contributed by atoms with Gasteiger partial charge in [0.05, 0.1) is 37.3 Å². The van der Waals surface area contributed by atoms with Crippen molar-refractivity contribution < 1.29 is 9.69 Å². The Kier molecular flexibility index (Phi) is 3.57. The van der Waals surface area contributed by atoms with Crippen LogP contribution in [0.2, 0.25) is 0 Å². The summed E-state index contributed by atoms with van der Waals surface area (Å²) in [6.45, 7) is 6.31. The first-order valence-electron chi connectivity index (χ1n) is 9.81. The number of aryl methyl sites for hydroxylation is 1. The molecule has 0 atom stereocenters. The molecular weight excluding hydrogens is 316 g/mol. The standard InChI is InChI=1S/C20H28N2OS/c1-14-6-18(13-24-14)19(23)21-2-4-22(5-3-21)20-10-15-7-16(11-20)9-17(8-15)12-20/h6,13,15-17H,2-5,7-12H2,1H3/p+1. The Hall–Kier alpha value is -0.870. The van der Waals surface area contributed by atoms with Gasteiger partial charge in [0.2, 0.25) is 0 Å². The summed E-state index contributed by atoms with van der Waals surface area (Å²) in [5.41, 5.74) is 1.49. The summed E-state index contributed by atoms with van der Waals surface area (Å²) in [4.78, 5) is 17.9. The van der Waals surface area contributed by atoms with Gasteiger partial charge in [0.15, 0.2) is 0 Å². The summed E-state index contributed by atoms with van der Waals surface area (Å²) in [6.07, 6.45) is 9.00. The van der Waals surface area contributed by atoms with Gasteiger partial charge in [-0.15, -0.1) is 11.3 Å². The van der Waals surface area contributed by atoms with Gasteiger partial charge in [-0.3, -0.25) is 4.79 Å². The predicted molar refractivity (Wildman–Crippen MR) is 96.6 cm³/mol. The van der Waals surface area contributed by atoms with Crippen molar-refractivity contribution in [2.75, 3.05) is 26.2 Å². The molecular formula is C20H29N2OS+. The van der Waals surface area contributed by atoms with Gasteiger partial charge >= 0.3 is 0 Å². The van der Waals surface area contributed by atoms with E-state index in [4.69, 9.17) is 0 Å². The number of nitrogens with one attached hydrogen (secondary N) is 1. The highest BCUT2D eigenvalue weighted by Gasteiger charge is 2.56. The number of carbonyl (C=O) groups excluding carboxylic acids is 1. The van der Waals surface area contributed by atoms with Gasteiger partial charge in [-0.05, 0) is 50.0 Å². The van der Waals surface area contributed by atoms with Gasteiger partial charge in [0.1, 0.15) is 0 Å². The van der Waals surface area contributed by atoms with Crippen molar-refractivity contribution in [3.63, 3.8) is 0 Å². The van der Waals surface area contributed by atoms with E-state index in [0.29, 0.717) is 5.54 Å². The Morgan fingerprint density at radius 3 is 2.21 bits per heavy atom. The Labute approximate surface area is 149 Å². The van der Waals surface area contributed by atoms with Gasteiger partial charge in [0, 0.05) is 29.5 Å². The molecule has 0 aromatic carbocycles. The molecule has 1 aliphatic heterocycles. The van der Waals surface area contributed by atoms with E-state index >= 15 is 0 Å². The largest absolute Gasteiger partial charge is 0.327 e. The summed E-state index contributed by atoms with van der Waals surface area (Å²) >= 11 is 1.68. The average molecular weight is 346 g/mol. The van der Waals surface area contributed by atoms with Crippen LogP contribution >= 0.6 is 11.3 Å². The monoisotopic (exact) mass is 345 g/mol. The lowest BCUT2D eigenvalue weighted by molar-refractivity contribution is -0.962. The zero-order chi connectivity index (χ0) is 16.3. The first-order valence-corrected chi connectivity index (χ1v) is 10.7. The van der Waals surface area contributed by atoms with Gasteiger partial charge < -0.3 is 9.80 Å². The van der Waals surface area contributed by atoms with Crippen LogP contribution in [-0.2, 0) is 0 Å². The first-order chi connectivity index (χ1) is 11.6. The van der Waals surface area contributed by atoms with E-state index in [9.17, 15) is 4.79 Å². The number of rotatable bonds is 2. The third kappa shape index (κ3) is 2.45. The smallest absolute Gasteiger partial charge is 0.255 e. The predicted octanol–water partition coefficient (Wildman–Crippen LogP) is 2.37. The molecule has 4 aliphatic carbocycles. The van der Waals surface area contributed by atoms with Crippen LogP contribution in [0.15, 0.2) is 11.4 Å². The molecule has 0 unspecified atom stereocenters. The Morgan fingerprint density at radius 2 is 1.71 bits per heavy atom. The lowest BCUT2D eigenvalue weighted by Gasteiger charge is -2.59. The summed E-state index contributed by atoms with van der Waals surface area (Å²) in [6, 6.07) is 2.05. The van der Waals surface area contributed by atoms with Gasteiger partial charge in [-0.25, -0.2) is 0 Å². The molecule has 24 heavy (non-hydrogen) atoms. The Bertz CT molecular complexity index is 609. The van der Waals surface area contributed by atoms with Crippen LogP contribution < -0.4 is 4.90 Å². The van der Waals surface area contributed by atoms with Crippen molar-refractivity contribution in [1.29, 1.82) is 0 Å². The van der Waals surface area contributed by atoms with Crippen LogP contribution in [0.3, 0.4) is 0 Å². The van der Waals surface area contributed by atoms with E-state index in [0.717, 1.165) is 36.4 Å². The number of carbonyl (C=O) groups is 1. The molecule has 1 aromatic rings. The minimum Gasteiger partial charge on any atom is -0.327 e.